The van der Waals surface area contributed by atoms with Gasteiger partial charge in [0.1, 0.15) is 0 Å². The van der Waals surface area contributed by atoms with Crippen molar-refractivity contribution < 1.29 is 0 Å². The molecule has 2 atom stereocenters. The predicted octanol–water partition coefficient (Wildman–Crippen LogP) is 2.95. The molecule has 4 nitrogen and oxygen atoms in total. The first-order chi connectivity index (χ1) is 10.7. The summed E-state index contributed by atoms with van der Waals surface area (Å²) in [5.74, 6) is 0.873. The van der Waals surface area contributed by atoms with Crippen molar-refractivity contribution in [1.29, 1.82) is 0 Å². The molecule has 2 fully saturated rings. The van der Waals surface area contributed by atoms with Crippen LogP contribution in [0, 0.1) is 0 Å². The zero-order chi connectivity index (χ0) is 15.0. The Labute approximate surface area is 132 Å². The smallest absolute Gasteiger partial charge is 0.212 e. The lowest BCUT2D eigenvalue weighted by atomic mass is 9.65. The fourth-order valence-electron chi connectivity index (χ4n) is 3.98. The zero-order valence-electron chi connectivity index (χ0n) is 13.2. The van der Waals surface area contributed by atoms with Crippen LogP contribution in [0.4, 0.5) is 0 Å². The van der Waals surface area contributed by atoms with E-state index in [-0.39, 0.29) is 5.41 Å². The van der Waals surface area contributed by atoms with Crippen molar-refractivity contribution in [2.75, 3.05) is 0 Å². The van der Waals surface area contributed by atoms with Crippen LogP contribution in [0.15, 0.2) is 40.4 Å². The van der Waals surface area contributed by atoms with Crippen LogP contribution >= 0.6 is 0 Å². The van der Waals surface area contributed by atoms with E-state index in [4.69, 9.17) is 4.99 Å². The van der Waals surface area contributed by atoms with E-state index in [2.05, 4.69) is 53.1 Å². The topological polar surface area (TPSA) is 48.8 Å². The highest BCUT2D eigenvalue weighted by Crippen LogP contribution is 2.41. The second-order valence-electron chi connectivity index (χ2n) is 7.15. The van der Waals surface area contributed by atoms with Gasteiger partial charge in [0.05, 0.1) is 12.1 Å². The maximum atomic E-state index is 4.72. The van der Waals surface area contributed by atoms with Crippen molar-refractivity contribution in [3.05, 3.63) is 35.9 Å². The van der Waals surface area contributed by atoms with Gasteiger partial charge in [-0.05, 0) is 31.2 Å². The second-order valence-corrected chi connectivity index (χ2v) is 7.15. The molecule has 0 radical (unpaired) electrons. The monoisotopic (exact) mass is 296 g/mol. The van der Waals surface area contributed by atoms with Crippen LogP contribution in [0.2, 0.25) is 0 Å². The van der Waals surface area contributed by atoms with Crippen LogP contribution < -0.4 is 10.7 Å². The third-order valence-corrected chi connectivity index (χ3v) is 5.33. The zero-order valence-corrected chi connectivity index (χ0v) is 13.2. The lowest BCUT2D eigenvalue weighted by Crippen LogP contribution is -2.43. The van der Waals surface area contributed by atoms with Gasteiger partial charge in [0.25, 0.3) is 0 Å². The quantitative estimate of drug-likeness (QED) is 0.824. The first-order valence-corrected chi connectivity index (χ1v) is 8.44. The fourth-order valence-corrected chi connectivity index (χ4v) is 3.98. The molecule has 0 amide bonds. The number of rotatable bonds is 2. The van der Waals surface area contributed by atoms with Crippen LogP contribution in [-0.2, 0) is 5.41 Å². The molecule has 116 valence electrons. The van der Waals surface area contributed by atoms with Crippen LogP contribution in [0.1, 0.15) is 51.0 Å². The molecular formula is C18H24N4. The van der Waals surface area contributed by atoms with Crippen molar-refractivity contribution in [1.82, 2.24) is 10.7 Å². The summed E-state index contributed by atoms with van der Waals surface area (Å²) >= 11 is 0. The Morgan fingerprint density at radius 3 is 2.73 bits per heavy atom. The molecule has 2 saturated carbocycles. The van der Waals surface area contributed by atoms with Gasteiger partial charge < -0.3 is 5.32 Å². The van der Waals surface area contributed by atoms with E-state index < -0.39 is 0 Å². The molecule has 1 aromatic carbocycles. The van der Waals surface area contributed by atoms with Gasteiger partial charge in [-0.2, -0.15) is 5.10 Å². The Morgan fingerprint density at radius 1 is 1.18 bits per heavy atom. The van der Waals surface area contributed by atoms with Crippen LogP contribution in [0.3, 0.4) is 0 Å². The molecule has 0 bridgehead atoms. The first-order valence-electron chi connectivity index (χ1n) is 8.44. The van der Waals surface area contributed by atoms with E-state index in [9.17, 15) is 0 Å². The van der Waals surface area contributed by atoms with Gasteiger partial charge >= 0.3 is 0 Å². The molecule has 1 aromatic rings. The van der Waals surface area contributed by atoms with Gasteiger partial charge in [0.2, 0.25) is 5.96 Å². The molecule has 0 aromatic heterocycles. The van der Waals surface area contributed by atoms with Gasteiger partial charge in [-0.15, -0.1) is 0 Å². The Bertz CT molecular complexity index is 597. The number of aliphatic imine (C=N–C) groups is 1. The maximum absolute atomic E-state index is 4.72. The van der Waals surface area contributed by atoms with Gasteiger partial charge in [-0.1, -0.05) is 50.1 Å². The molecule has 1 aliphatic heterocycles. The second kappa shape index (κ2) is 5.41. The van der Waals surface area contributed by atoms with Gasteiger partial charge in [0, 0.05) is 11.1 Å². The lowest BCUT2D eigenvalue weighted by molar-refractivity contribution is 0.384. The lowest BCUT2D eigenvalue weighted by Gasteiger charge is -2.40. The molecule has 2 aliphatic carbocycles. The number of hydrazone groups is 1. The summed E-state index contributed by atoms with van der Waals surface area (Å²) in [4.78, 5) is 4.72. The van der Waals surface area contributed by atoms with Gasteiger partial charge in [-0.3, -0.25) is 0 Å². The van der Waals surface area contributed by atoms with E-state index in [1.54, 1.807) is 0 Å². The largest absolute Gasteiger partial charge is 0.350 e. The summed E-state index contributed by atoms with van der Waals surface area (Å²) in [6.45, 7) is 2.32. The number of hydrogen-bond acceptors (Lipinski definition) is 4. The minimum Gasteiger partial charge on any atom is -0.350 e. The predicted molar refractivity (Wildman–Crippen MR) is 90.2 cm³/mol. The van der Waals surface area contributed by atoms with Crippen LogP contribution in [-0.4, -0.2) is 23.8 Å². The molecular weight excluding hydrogens is 272 g/mol. The summed E-state index contributed by atoms with van der Waals surface area (Å²) < 4.78 is 0. The normalized spacial score (nSPS) is 33.3. The average Bonchev–Trinajstić information content (AvgIpc) is 2.94. The number of benzene rings is 1. The van der Waals surface area contributed by atoms with Crippen molar-refractivity contribution in [2.45, 2.75) is 62.9 Å². The van der Waals surface area contributed by atoms with E-state index in [1.165, 1.54) is 37.0 Å². The van der Waals surface area contributed by atoms with Crippen LogP contribution in [0.5, 0.6) is 0 Å². The van der Waals surface area contributed by atoms with Gasteiger partial charge in [-0.25, -0.2) is 10.4 Å². The Morgan fingerprint density at radius 2 is 1.95 bits per heavy atom. The Kier molecular flexibility index (Phi) is 3.40. The average molecular weight is 296 g/mol. The van der Waals surface area contributed by atoms with Crippen molar-refractivity contribution in [2.24, 2.45) is 10.1 Å². The summed E-state index contributed by atoms with van der Waals surface area (Å²) in [6.07, 6.45) is 7.15. The maximum Gasteiger partial charge on any atom is 0.212 e. The minimum absolute atomic E-state index is 0.251. The van der Waals surface area contributed by atoms with E-state index in [1.807, 2.05) is 0 Å². The number of nitrogens with one attached hydrogen (secondary N) is 2. The molecule has 3 aliphatic rings. The molecule has 0 spiro atoms. The third-order valence-electron chi connectivity index (χ3n) is 5.33. The van der Waals surface area contributed by atoms with E-state index in [0.29, 0.717) is 12.1 Å². The molecule has 4 heteroatoms. The summed E-state index contributed by atoms with van der Waals surface area (Å²) in [7, 11) is 0. The number of nitrogens with zero attached hydrogens (tertiary/aromatic N) is 2. The Hall–Kier alpha value is -1.84. The highest BCUT2D eigenvalue weighted by Gasteiger charge is 2.39. The first kappa shape index (κ1) is 13.8. The van der Waals surface area contributed by atoms with Crippen molar-refractivity contribution >= 4 is 11.7 Å². The Balaban J connectivity index is 1.35. The fraction of sp³-hybridized carbons (Fsp3) is 0.556. The molecule has 2 unspecified atom stereocenters. The highest BCUT2D eigenvalue weighted by atomic mass is 15.4. The summed E-state index contributed by atoms with van der Waals surface area (Å²) in [5, 5.41) is 8.04. The summed E-state index contributed by atoms with van der Waals surface area (Å²) in [6, 6.07) is 11.8. The number of fused-ring (bicyclic) bond motifs is 1. The third kappa shape index (κ3) is 2.51. The highest BCUT2D eigenvalue weighted by molar-refractivity contribution is 5.94. The van der Waals surface area contributed by atoms with Crippen molar-refractivity contribution in [3.8, 4) is 0 Å². The number of guanidine groups is 1. The molecule has 4 rings (SSSR count). The molecule has 0 saturated heterocycles. The van der Waals surface area contributed by atoms with Gasteiger partial charge in [0.15, 0.2) is 0 Å². The molecule has 1 heterocycles. The standard InChI is InChI=1S/C18H24N4/c1-18(13-7-3-2-4-8-13)11-14(12-18)21-22-17-19-15-9-5-6-10-16(15)20-17/h2-4,7-8,15-16H,5-6,9-12H2,1H3,(H2,19,20,22). The summed E-state index contributed by atoms with van der Waals surface area (Å²) in [5.41, 5.74) is 6.06. The minimum atomic E-state index is 0.251. The van der Waals surface area contributed by atoms with Crippen LogP contribution in [0.25, 0.3) is 0 Å². The molecule has 2 N–H and O–H groups in total. The number of hydrogen-bond donors (Lipinski definition) is 2. The SMILES string of the molecule is CC1(c2ccccc2)CC(=NNC2=NC3CCCCC3N2)C1. The van der Waals surface area contributed by atoms with E-state index >= 15 is 0 Å². The molecule has 22 heavy (non-hydrogen) atoms. The van der Waals surface area contributed by atoms with E-state index in [0.717, 1.165) is 18.8 Å². The van der Waals surface area contributed by atoms with Crippen molar-refractivity contribution in [3.63, 3.8) is 0 Å².